The van der Waals surface area contributed by atoms with Crippen molar-refractivity contribution in [3.8, 4) is 6.07 Å². The van der Waals surface area contributed by atoms with Gasteiger partial charge >= 0.3 is 18.0 Å². The monoisotopic (exact) mass is 516 g/mol. The van der Waals surface area contributed by atoms with Crippen molar-refractivity contribution in [1.29, 1.82) is 5.26 Å². The van der Waals surface area contributed by atoms with Crippen LogP contribution in [0, 0.1) is 28.6 Å². The summed E-state index contributed by atoms with van der Waals surface area (Å²) in [7, 11) is 0. The molecule has 3 aliphatic carbocycles. The van der Waals surface area contributed by atoms with Crippen LogP contribution in [0.1, 0.15) is 74.0 Å². The fourth-order valence-corrected chi connectivity index (χ4v) is 7.05. The summed E-state index contributed by atoms with van der Waals surface area (Å²) in [6, 6.07) is 4.47. The van der Waals surface area contributed by atoms with E-state index in [1.165, 1.54) is 0 Å². The van der Waals surface area contributed by atoms with Gasteiger partial charge in [0, 0.05) is 24.1 Å². The Morgan fingerprint density at radius 1 is 0.917 bits per heavy atom. The molecule has 2 saturated carbocycles. The second-order valence-corrected chi connectivity index (χ2v) is 10.9. The molecule has 0 aromatic heterocycles. The van der Waals surface area contributed by atoms with Gasteiger partial charge in [-0.3, -0.25) is 4.79 Å². The number of nitriles is 1. The summed E-state index contributed by atoms with van der Waals surface area (Å²) in [5.41, 5.74) is -7.20. The van der Waals surface area contributed by atoms with Crippen LogP contribution in [0.25, 0.3) is 0 Å². The van der Waals surface area contributed by atoms with Crippen LogP contribution in [0.15, 0.2) is 18.2 Å². The Morgan fingerprint density at radius 2 is 1.53 bits per heavy atom. The second-order valence-electron chi connectivity index (χ2n) is 10.9. The summed E-state index contributed by atoms with van der Waals surface area (Å²) in [6.45, 7) is 0.379. The summed E-state index contributed by atoms with van der Waals surface area (Å²) in [5.74, 6) is 0.684. The second kappa shape index (κ2) is 8.35. The van der Waals surface area contributed by atoms with Gasteiger partial charge in [-0.1, -0.05) is 18.2 Å². The van der Waals surface area contributed by atoms with E-state index in [2.05, 4.69) is 6.07 Å². The van der Waals surface area contributed by atoms with Gasteiger partial charge in [-0.25, -0.2) is 4.39 Å². The molecule has 36 heavy (non-hydrogen) atoms. The van der Waals surface area contributed by atoms with Crippen LogP contribution in [-0.2, 0) is 16.9 Å². The van der Waals surface area contributed by atoms with Crippen LogP contribution in [-0.4, -0.2) is 35.7 Å². The highest BCUT2D eigenvalue weighted by Crippen LogP contribution is 2.55. The van der Waals surface area contributed by atoms with Gasteiger partial charge in [-0.05, 0) is 80.8 Å². The molecule has 1 aliphatic heterocycles. The van der Waals surface area contributed by atoms with Crippen molar-refractivity contribution < 1.29 is 35.5 Å². The minimum atomic E-state index is -6.16. The smallest absolute Gasteiger partial charge is 0.338 e. The van der Waals surface area contributed by atoms with Gasteiger partial charge in [0.05, 0.1) is 6.07 Å². The van der Waals surface area contributed by atoms with Crippen LogP contribution >= 0.6 is 0 Å². The zero-order valence-corrected chi connectivity index (χ0v) is 19.6. The molecule has 196 valence electrons. The minimum Gasteiger partial charge on any atom is -0.338 e. The maximum atomic E-state index is 14.6. The van der Waals surface area contributed by atoms with Gasteiger partial charge in [-0.2, -0.15) is 31.6 Å². The first-order valence-electron chi connectivity index (χ1n) is 12.5. The number of halogens is 7. The molecule has 0 spiro atoms. The quantitative estimate of drug-likeness (QED) is 0.410. The van der Waals surface area contributed by atoms with Gasteiger partial charge in [0.25, 0.3) is 0 Å². The third kappa shape index (κ3) is 3.63. The summed E-state index contributed by atoms with van der Waals surface area (Å²) in [6.07, 6.45) is -6.34. The Kier molecular flexibility index (Phi) is 5.88. The highest BCUT2D eigenvalue weighted by atomic mass is 19.4. The van der Waals surface area contributed by atoms with Crippen molar-refractivity contribution in [2.24, 2.45) is 17.3 Å². The molecule has 4 atom stereocenters. The van der Waals surface area contributed by atoms with Gasteiger partial charge in [0.2, 0.25) is 5.91 Å². The number of alkyl halides is 7. The lowest BCUT2D eigenvalue weighted by Gasteiger charge is -2.38. The molecule has 0 N–H and O–H groups in total. The SMILES string of the molecule is N#CC1(C(=O)N2CC[C@H]3c4ccc(C(F)(C(F)(F)F)C(F)(F)F)cc4CC[C@H]32)CCC2CCC2CC1. The van der Waals surface area contributed by atoms with Crippen molar-refractivity contribution in [2.75, 3.05) is 6.54 Å². The fraction of sp³-hybridized carbons (Fsp3) is 0.692. The number of hydrogen-bond donors (Lipinski definition) is 0. The molecule has 3 nitrogen and oxygen atoms in total. The minimum absolute atomic E-state index is 0.129. The van der Waals surface area contributed by atoms with E-state index in [1.54, 1.807) is 4.90 Å². The molecule has 10 heteroatoms. The number of aryl methyl sites for hydroxylation is 1. The first-order chi connectivity index (χ1) is 16.8. The van der Waals surface area contributed by atoms with E-state index in [0.717, 1.165) is 31.7 Å². The van der Waals surface area contributed by atoms with Crippen molar-refractivity contribution >= 4 is 5.91 Å². The number of rotatable bonds is 2. The molecule has 0 radical (unpaired) electrons. The molecule has 4 aliphatic rings. The van der Waals surface area contributed by atoms with Gasteiger partial charge in [-0.15, -0.1) is 0 Å². The number of likely N-dealkylation sites (tertiary alicyclic amines) is 1. The number of carbonyl (C=O) groups excluding carboxylic acids is 1. The van der Waals surface area contributed by atoms with Gasteiger partial charge < -0.3 is 4.90 Å². The van der Waals surface area contributed by atoms with Crippen LogP contribution in [0.4, 0.5) is 30.7 Å². The number of hydrogen-bond acceptors (Lipinski definition) is 2. The largest absolute Gasteiger partial charge is 0.435 e. The van der Waals surface area contributed by atoms with Crippen LogP contribution in [0.5, 0.6) is 0 Å². The Morgan fingerprint density at radius 3 is 2.06 bits per heavy atom. The van der Waals surface area contributed by atoms with E-state index in [4.69, 9.17) is 0 Å². The Labute approximate surface area is 204 Å². The zero-order valence-electron chi connectivity index (χ0n) is 19.6. The third-order valence-corrected chi connectivity index (χ3v) is 9.32. The topological polar surface area (TPSA) is 44.1 Å². The molecule has 1 heterocycles. The third-order valence-electron chi connectivity index (χ3n) is 9.32. The molecule has 1 amide bonds. The predicted octanol–water partition coefficient (Wildman–Crippen LogP) is 6.72. The van der Waals surface area contributed by atoms with Crippen molar-refractivity contribution in [2.45, 2.75) is 87.8 Å². The molecule has 1 aromatic carbocycles. The first kappa shape index (κ1) is 25.3. The predicted molar refractivity (Wildman–Crippen MR) is 115 cm³/mol. The standard InChI is InChI=1S/C26H27F7N2O/c27-24(25(28,29)30,26(31,32)33)18-4-5-19-17(13-18)3-6-21-20(19)9-12-35(21)22(36)23(14-34)10-7-15-1-2-16(15)8-11-23/h4-5,13,15-16,20-21H,1-3,6-12H2/t15?,16?,20-,21+,23?/m0/s1. The number of nitrogens with zero attached hydrogens (tertiary/aromatic N) is 2. The summed E-state index contributed by atoms with van der Waals surface area (Å²) in [4.78, 5) is 15.4. The van der Waals surface area contributed by atoms with E-state index in [9.17, 15) is 40.8 Å². The van der Waals surface area contributed by atoms with Crippen LogP contribution in [0.2, 0.25) is 0 Å². The van der Waals surface area contributed by atoms with Crippen LogP contribution in [0.3, 0.4) is 0 Å². The van der Waals surface area contributed by atoms with Crippen LogP contribution < -0.4 is 0 Å². The summed E-state index contributed by atoms with van der Waals surface area (Å²) >= 11 is 0. The Balaban J connectivity index is 1.40. The van der Waals surface area contributed by atoms with E-state index in [-0.39, 0.29) is 29.9 Å². The molecule has 3 fully saturated rings. The van der Waals surface area contributed by atoms with E-state index in [0.29, 0.717) is 61.8 Å². The number of carbonyl (C=O) groups is 1. The maximum absolute atomic E-state index is 14.6. The summed E-state index contributed by atoms with van der Waals surface area (Å²) in [5, 5.41) is 10.1. The normalized spacial score (nSPS) is 32.4. The number of amides is 1. The zero-order chi connectivity index (χ0) is 26.1. The lowest BCUT2D eigenvalue weighted by atomic mass is 9.71. The van der Waals surface area contributed by atoms with Gasteiger partial charge in [0.15, 0.2) is 0 Å². The van der Waals surface area contributed by atoms with Gasteiger partial charge in [0.1, 0.15) is 5.41 Å². The lowest BCUT2D eigenvalue weighted by molar-refractivity contribution is -0.348. The van der Waals surface area contributed by atoms with E-state index >= 15 is 0 Å². The average Bonchev–Trinajstić information content (AvgIpc) is 3.18. The fourth-order valence-electron chi connectivity index (χ4n) is 7.05. The van der Waals surface area contributed by atoms with Crippen molar-refractivity contribution in [3.63, 3.8) is 0 Å². The van der Waals surface area contributed by atoms with Crippen molar-refractivity contribution in [1.82, 2.24) is 4.90 Å². The molecule has 2 unspecified atom stereocenters. The number of benzene rings is 1. The van der Waals surface area contributed by atoms with E-state index < -0.39 is 29.0 Å². The molecule has 1 aromatic rings. The van der Waals surface area contributed by atoms with Crippen molar-refractivity contribution in [3.05, 3.63) is 34.9 Å². The maximum Gasteiger partial charge on any atom is 0.435 e. The lowest BCUT2D eigenvalue weighted by Crippen LogP contribution is -2.50. The van der Waals surface area contributed by atoms with E-state index in [1.807, 2.05) is 0 Å². The first-order valence-corrected chi connectivity index (χ1v) is 12.5. The highest BCUT2D eigenvalue weighted by molar-refractivity contribution is 5.86. The molecular formula is C26H27F7N2O. The summed E-state index contributed by atoms with van der Waals surface area (Å²) < 4.78 is 94.0. The molecule has 0 bridgehead atoms. The Bertz CT molecular complexity index is 1060. The Hall–Kier alpha value is -2.31. The molecule has 1 saturated heterocycles. The molecular weight excluding hydrogens is 489 g/mol. The highest BCUT2D eigenvalue weighted by Gasteiger charge is 2.73. The molecule has 5 rings (SSSR count). The average molecular weight is 517 g/mol. The number of fused-ring (bicyclic) bond motifs is 4.